The van der Waals surface area contributed by atoms with Crippen molar-refractivity contribution in [2.24, 2.45) is 0 Å². The Morgan fingerprint density at radius 2 is 1.73 bits per heavy atom. The van der Waals surface area contributed by atoms with Crippen molar-refractivity contribution in [1.29, 1.82) is 0 Å². The zero-order valence-corrected chi connectivity index (χ0v) is 9.36. The lowest BCUT2D eigenvalue weighted by Gasteiger charge is -2.16. The van der Waals surface area contributed by atoms with Crippen LogP contribution in [0.5, 0.6) is 0 Å². The highest BCUT2D eigenvalue weighted by molar-refractivity contribution is 5.97. The molecular weight excluding hydrogens is 188 g/mol. The Hall–Kier alpha value is -1.35. The van der Waals surface area contributed by atoms with Gasteiger partial charge in [0, 0.05) is 11.3 Å². The van der Waals surface area contributed by atoms with Crippen molar-refractivity contribution >= 4 is 11.5 Å². The first-order valence-electron chi connectivity index (χ1n) is 5.28. The summed E-state index contributed by atoms with van der Waals surface area (Å²) >= 11 is 0. The van der Waals surface area contributed by atoms with Gasteiger partial charge in [-0.2, -0.15) is 0 Å². The molecule has 0 amide bonds. The molecule has 1 rings (SSSR count). The van der Waals surface area contributed by atoms with Crippen molar-refractivity contribution < 1.29 is 4.79 Å². The molecule has 0 aliphatic rings. The van der Waals surface area contributed by atoms with Gasteiger partial charge >= 0.3 is 0 Å². The lowest BCUT2D eigenvalue weighted by molar-refractivity contribution is 0.0937. The number of likely N-dealkylation sites (N-methyl/N-ethyl adjacent to an activating group) is 1. The predicted molar refractivity (Wildman–Crippen MR) is 63.0 cm³/mol. The van der Waals surface area contributed by atoms with Crippen molar-refractivity contribution in [3.8, 4) is 0 Å². The number of hydrogen-bond donors (Lipinski definition) is 1. The van der Waals surface area contributed by atoms with Crippen LogP contribution in [0.15, 0.2) is 24.3 Å². The molecule has 0 aliphatic heterocycles. The Bertz CT molecular complexity index is 315. The highest BCUT2D eigenvalue weighted by Crippen LogP contribution is 2.06. The van der Waals surface area contributed by atoms with Crippen LogP contribution in [0.25, 0.3) is 0 Å². The van der Waals surface area contributed by atoms with Crippen LogP contribution in [0, 0.1) is 0 Å². The number of carbonyl (C=O) groups excluding carboxylic acids is 1. The molecule has 0 aliphatic carbocycles. The van der Waals surface area contributed by atoms with E-state index < -0.39 is 0 Å². The summed E-state index contributed by atoms with van der Waals surface area (Å²) in [6.45, 7) is 6.39. The molecule has 0 saturated carbocycles. The zero-order chi connectivity index (χ0) is 11.3. The third-order valence-corrected chi connectivity index (χ3v) is 2.49. The van der Waals surface area contributed by atoms with Crippen molar-refractivity contribution in [3.63, 3.8) is 0 Å². The zero-order valence-electron chi connectivity index (χ0n) is 9.36. The highest BCUT2D eigenvalue weighted by Gasteiger charge is 2.09. The number of nitrogen functional groups attached to an aromatic ring is 1. The van der Waals surface area contributed by atoms with Crippen molar-refractivity contribution in [3.05, 3.63) is 29.8 Å². The van der Waals surface area contributed by atoms with E-state index in [9.17, 15) is 4.79 Å². The summed E-state index contributed by atoms with van der Waals surface area (Å²) < 4.78 is 0. The van der Waals surface area contributed by atoms with Gasteiger partial charge in [0.1, 0.15) is 0 Å². The first-order valence-corrected chi connectivity index (χ1v) is 5.28. The van der Waals surface area contributed by atoms with Crippen LogP contribution in [-0.4, -0.2) is 30.3 Å². The van der Waals surface area contributed by atoms with E-state index in [-0.39, 0.29) is 5.78 Å². The van der Waals surface area contributed by atoms with Gasteiger partial charge in [0.15, 0.2) is 5.78 Å². The number of rotatable bonds is 5. The second-order valence-corrected chi connectivity index (χ2v) is 3.51. The van der Waals surface area contributed by atoms with Gasteiger partial charge in [0.2, 0.25) is 0 Å². The fourth-order valence-corrected chi connectivity index (χ4v) is 1.41. The summed E-state index contributed by atoms with van der Waals surface area (Å²) in [5.74, 6) is 0.152. The van der Waals surface area contributed by atoms with Gasteiger partial charge in [-0.25, -0.2) is 0 Å². The minimum absolute atomic E-state index is 0.152. The van der Waals surface area contributed by atoms with Gasteiger partial charge in [-0.15, -0.1) is 0 Å². The van der Waals surface area contributed by atoms with Gasteiger partial charge in [-0.05, 0) is 37.4 Å². The maximum atomic E-state index is 11.8. The molecule has 1 aromatic carbocycles. The molecule has 0 radical (unpaired) electrons. The Balaban J connectivity index is 2.64. The number of nitrogens with zero attached hydrogens (tertiary/aromatic N) is 1. The van der Waals surface area contributed by atoms with Crippen molar-refractivity contribution in [1.82, 2.24) is 4.90 Å². The Kier molecular flexibility index (Phi) is 4.31. The maximum absolute atomic E-state index is 11.8. The van der Waals surface area contributed by atoms with Crippen LogP contribution in [0.4, 0.5) is 5.69 Å². The van der Waals surface area contributed by atoms with E-state index in [0.29, 0.717) is 12.2 Å². The van der Waals surface area contributed by atoms with E-state index in [1.807, 2.05) is 0 Å². The molecule has 3 nitrogen and oxygen atoms in total. The van der Waals surface area contributed by atoms with Crippen molar-refractivity contribution in [2.45, 2.75) is 13.8 Å². The molecule has 0 aromatic heterocycles. The first kappa shape index (κ1) is 11.7. The van der Waals surface area contributed by atoms with Gasteiger partial charge < -0.3 is 5.73 Å². The molecule has 82 valence electrons. The molecule has 3 heteroatoms. The monoisotopic (exact) mass is 206 g/mol. The summed E-state index contributed by atoms with van der Waals surface area (Å²) in [6, 6.07) is 7.08. The molecule has 0 saturated heterocycles. The minimum atomic E-state index is 0.152. The average molecular weight is 206 g/mol. The Labute approximate surface area is 90.9 Å². The fraction of sp³-hybridized carbons (Fsp3) is 0.417. The van der Waals surface area contributed by atoms with Gasteiger partial charge in [-0.1, -0.05) is 13.8 Å². The van der Waals surface area contributed by atoms with Crippen LogP contribution < -0.4 is 5.73 Å². The molecule has 0 fully saturated rings. The summed E-state index contributed by atoms with van der Waals surface area (Å²) in [4.78, 5) is 13.9. The highest BCUT2D eigenvalue weighted by atomic mass is 16.1. The van der Waals surface area contributed by atoms with E-state index >= 15 is 0 Å². The number of Topliss-reactive ketones (excluding diaryl/α,β-unsaturated/α-hetero) is 1. The fourth-order valence-electron chi connectivity index (χ4n) is 1.41. The van der Waals surface area contributed by atoms with Gasteiger partial charge in [-0.3, -0.25) is 9.69 Å². The maximum Gasteiger partial charge on any atom is 0.176 e. The van der Waals surface area contributed by atoms with Crippen molar-refractivity contribution in [2.75, 3.05) is 25.4 Å². The van der Waals surface area contributed by atoms with E-state index in [2.05, 4.69) is 18.7 Å². The lowest BCUT2D eigenvalue weighted by atomic mass is 10.1. The molecule has 15 heavy (non-hydrogen) atoms. The van der Waals surface area contributed by atoms with E-state index in [4.69, 9.17) is 5.73 Å². The number of ketones is 1. The standard InChI is InChI=1S/C12H18N2O/c1-3-14(4-2)9-12(15)10-5-7-11(13)8-6-10/h5-8H,3-4,9,13H2,1-2H3. The van der Waals surface area contributed by atoms with Crippen LogP contribution in [0.3, 0.4) is 0 Å². The molecule has 0 unspecified atom stereocenters. The second kappa shape index (κ2) is 5.51. The topological polar surface area (TPSA) is 46.3 Å². The van der Waals surface area contributed by atoms with Crippen LogP contribution in [0.1, 0.15) is 24.2 Å². The summed E-state index contributed by atoms with van der Waals surface area (Å²) in [7, 11) is 0. The Morgan fingerprint density at radius 1 is 1.20 bits per heavy atom. The molecular formula is C12H18N2O. The third-order valence-electron chi connectivity index (χ3n) is 2.49. The number of benzene rings is 1. The normalized spacial score (nSPS) is 10.6. The smallest absolute Gasteiger partial charge is 0.176 e. The van der Waals surface area contributed by atoms with Crippen LogP contribution in [0.2, 0.25) is 0 Å². The molecule has 2 N–H and O–H groups in total. The molecule has 0 heterocycles. The Morgan fingerprint density at radius 3 is 2.20 bits per heavy atom. The molecule has 1 aromatic rings. The number of hydrogen-bond acceptors (Lipinski definition) is 3. The summed E-state index contributed by atoms with van der Waals surface area (Å²) in [5.41, 5.74) is 6.98. The van der Waals surface area contributed by atoms with E-state index in [1.165, 1.54) is 0 Å². The second-order valence-electron chi connectivity index (χ2n) is 3.51. The third kappa shape index (κ3) is 3.36. The van der Waals surface area contributed by atoms with E-state index in [1.54, 1.807) is 24.3 Å². The number of anilines is 1. The molecule has 0 atom stereocenters. The van der Waals surface area contributed by atoms with Gasteiger partial charge in [0.05, 0.1) is 6.54 Å². The van der Waals surface area contributed by atoms with Crippen LogP contribution >= 0.6 is 0 Å². The quantitative estimate of drug-likeness (QED) is 0.590. The van der Waals surface area contributed by atoms with Gasteiger partial charge in [0.25, 0.3) is 0 Å². The van der Waals surface area contributed by atoms with Crippen LogP contribution in [-0.2, 0) is 0 Å². The average Bonchev–Trinajstić information content (AvgIpc) is 2.26. The molecule has 0 bridgehead atoms. The molecule has 0 spiro atoms. The minimum Gasteiger partial charge on any atom is -0.399 e. The number of carbonyl (C=O) groups is 1. The van der Waals surface area contributed by atoms with E-state index in [0.717, 1.165) is 18.7 Å². The lowest BCUT2D eigenvalue weighted by Crippen LogP contribution is -2.29. The summed E-state index contributed by atoms with van der Waals surface area (Å²) in [5, 5.41) is 0. The largest absolute Gasteiger partial charge is 0.399 e. The number of nitrogens with two attached hydrogens (primary N) is 1. The first-order chi connectivity index (χ1) is 7.17. The SMILES string of the molecule is CCN(CC)CC(=O)c1ccc(N)cc1. The predicted octanol–water partition coefficient (Wildman–Crippen LogP) is 1.79. The summed E-state index contributed by atoms with van der Waals surface area (Å²) in [6.07, 6.45) is 0.